The first-order chi connectivity index (χ1) is 9.69. The van der Waals surface area contributed by atoms with E-state index in [1.807, 2.05) is 37.3 Å². The molecule has 0 fully saturated rings. The van der Waals surface area contributed by atoms with Gasteiger partial charge in [-0.1, -0.05) is 24.3 Å². The van der Waals surface area contributed by atoms with E-state index in [0.717, 1.165) is 5.69 Å². The summed E-state index contributed by atoms with van der Waals surface area (Å²) in [6.07, 6.45) is 0. The summed E-state index contributed by atoms with van der Waals surface area (Å²) in [5, 5.41) is 0. The zero-order valence-corrected chi connectivity index (χ0v) is 11.7. The van der Waals surface area contributed by atoms with E-state index in [-0.39, 0.29) is 5.91 Å². The van der Waals surface area contributed by atoms with Crippen LogP contribution in [0.2, 0.25) is 0 Å². The number of ether oxygens (including phenoxy) is 1. The molecule has 0 aromatic heterocycles. The van der Waals surface area contributed by atoms with E-state index in [4.69, 9.17) is 10.5 Å². The second kappa shape index (κ2) is 6.10. The third-order valence-corrected chi connectivity index (χ3v) is 3.15. The number of para-hydroxylation sites is 2. The van der Waals surface area contributed by atoms with Crippen LogP contribution >= 0.6 is 0 Å². The molecule has 2 N–H and O–H groups in total. The minimum Gasteiger partial charge on any atom is -0.495 e. The minimum atomic E-state index is -0.130. The van der Waals surface area contributed by atoms with Crippen LogP contribution < -0.4 is 15.4 Å². The van der Waals surface area contributed by atoms with Gasteiger partial charge in [-0.05, 0) is 31.2 Å². The predicted molar refractivity (Wildman–Crippen MR) is 81.2 cm³/mol. The van der Waals surface area contributed by atoms with Crippen molar-refractivity contribution in [2.75, 3.05) is 24.3 Å². The third kappa shape index (κ3) is 2.59. The van der Waals surface area contributed by atoms with Gasteiger partial charge in [-0.15, -0.1) is 0 Å². The van der Waals surface area contributed by atoms with E-state index in [1.165, 1.54) is 7.11 Å². The van der Waals surface area contributed by atoms with Gasteiger partial charge in [-0.3, -0.25) is 4.79 Å². The van der Waals surface area contributed by atoms with E-state index in [2.05, 4.69) is 0 Å². The van der Waals surface area contributed by atoms with Gasteiger partial charge in [0, 0.05) is 12.2 Å². The molecule has 0 aliphatic carbocycles. The average molecular weight is 270 g/mol. The Morgan fingerprint density at radius 2 is 1.85 bits per heavy atom. The minimum absolute atomic E-state index is 0.130. The van der Waals surface area contributed by atoms with Gasteiger partial charge in [0.05, 0.1) is 18.4 Å². The van der Waals surface area contributed by atoms with Crippen molar-refractivity contribution < 1.29 is 9.53 Å². The molecule has 0 aliphatic heterocycles. The molecule has 0 unspecified atom stereocenters. The fourth-order valence-electron chi connectivity index (χ4n) is 2.11. The van der Waals surface area contributed by atoms with E-state index in [9.17, 15) is 4.79 Å². The molecule has 0 spiro atoms. The molecular weight excluding hydrogens is 252 g/mol. The molecule has 20 heavy (non-hydrogen) atoms. The fraction of sp³-hybridized carbons (Fsp3) is 0.188. The van der Waals surface area contributed by atoms with Gasteiger partial charge in [-0.2, -0.15) is 0 Å². The summed E-state index contributed by atoms with van der Waals surface area (Å²) in [6.45, 7) is 2.50. The Morgan fingerprint density at radius 3 is 2.45 bits per heavy atom. The van der Waals surface area contributed by atoms with Crippen molar-refractivity contribution in [3.05, 3.63) is 54.1 Å². The molecule has 2 aromatic carbocycles. The van der Waals surface area contributed by atoms with Crippen LogP contribution in [0.25, 0.3) is 0 Å². The number of amides is 1. The first kappa shape index (κ1) is 13.9. The first-order valence-electron chi connectivity index (χ1n) is 6.48. The van der Waals surface area contributed by atoms with E-state index in [0.29, 0.717) is 23.5 Å². The van der Waals surface area contributed by atoms with E-state index in [1.54, 1.807) is 23.1 Å². The number of anilines is 2. The van der Waals surface area contributed by atoms with E-state index < -0.39 is 0 Å². The maximum atomic E-state index is 12.7. The second-order valence-corrected chi connectivity index (χ2v) is 4.31. The summed E-state index contributed by atoms with van der Waals surface area (Å²) >= 11 is 0. The first-order valence-corrected chi connectivity index (χ1v) is 6.48. The van der Waals surface area contributed by atoms with E-state index >= 15 is 0 Å². The van der Waals surface area contributed by atoms with Crippen molar-refractivity contribution in [1.29, 1.82) is 0 Å². The van der Waals surface area contributed by atoms with Crippen molar-refractivity contribution in [2.24, 2.45) is 0 Å². The Kier molecular flexibility index (Phi) is 4.25. The van der Waals surface area contributed by atoms with Crippen LogP contribution in [0.5, 0.6) is 5.75 Å². The van der Waals surface area contributed by atoms with Gasteiger partial charge in [0.15, 0.2) is 0 Å². The maximum absolute atomic E-state index is 12.7. The molecule has 0 bridgehead atoms. The summed E-state index contributed by atoms with van der Waals surface area (Å²) in [5.74, 6) is 0.384. The van der Waals surface area contributed by atoms with Crippen molar-refractivity contribution in [3.63, 3.8) is 0 Å². The van der Waals surface area contributed by atoms with Crippen LogP contribution in [-0.4, -0.2) is 19.6 Å². The number of nitrogens with two attached hydrogens (primary N) is 1. The highest BCUT2D eigenvalue weighted by molar-refractivity contribution is 6.10. The Hall–Kier alpha value is -2.49. The highest BCUT2D eigenvalue weighted by atomic mass is 16.5. The monoisotopic (exact) mass is 270 g/mol. The second-order valence-electron chi connectivity index (χ2n) is 4.31. The molecule has 0 saturated heterocycles. The van der Waals surface area contributed by atoms with Crippen molar-refractivity contribution in [3.8, 4) is 5.75 Å². The number of hydrogen-bond donors (Lipinski definition) is 1. The van der Waals surface area contributed by atoms with Gasteiger partial charge in [0.2, 0.25) is 0 Å². The standard InChI is InChI=1S/C16H18N2O2/c1-3-18(12-8-5-4-6-9-12)16(19)13-10-7-11-14(20-2)15(13)17/h4-11H,3,17H2,1-2H3. The molecule has 0 saturated carbocycles. The lowest BCUT2D eigenvalue weighted by molar-refractivity contribution is 0.0989. The number of benzene rings is 2. The lowest BCUT2D eigenvalue weighted by atomic mass is 10.1. The third-order valence-electron chi connectivity index (χ3n) is 3.15. The quantitative estimate of drug-likeness (QED) is 0.869. The number of rotatable bonds is 4. The molecule has 2 rings (SSSR count). The predicted octanol–water partition coefficient (Wildman–Crippen LogP) is 2.94. The van der Waals surface area contributed by atoms with Gasteiger partial charge in [0.25, 0.3) is 5.91 Å². The van der Waals surface area contributed by atoms with Crippen LogP contribution in [-0.2, 0) is 0 Å². The fourth-order valence-corrected chi connectivity index (χ4v) is 2.11. The van der Waals surface area contributed by atoms with Gasteiger partial charge < -0.3 is 15.4 Å². The summed E-state index contributed by atoms with van der Waals surface area (Å²) < 4.78 is 5.16. The summed E-state index contributed by atoms with van der Waals surface area (Å²) in [7, 11) is 1.54. The number of nitrogen functional groups attached to an aromatic ring is 1. The van der Waals surface area contributed by atoms with Crippen LogP contribution in [0.1, 0.15) is 17.3 Å². The maximum Gasteiger partial charge on any atom is 0.260 e. The summed E-state index contributed by atoms with van der Waals surface area (Å²) in [6, 6.07) is 14.7. The van der Waals surface area contributed by atoms with Crippen molar-refractivity contribution >= 4 is 17.3 Å². The van der Waals surface area contributed by atoms with Gasteiger partial charge in [-0.25, -0.2) is 0 Å². The molecular formula is C16H18N2O2. The Labute approximate surface area is 118 Å². The lowest BCUT2D eigenvalue weighted by Crippen LogP contribution is -2.31. The van der Waals surface area contributed by atoms with Crippen molar-refractivity contribution in [1.82, 2.24) is 0 Å². The van der Waals surface area contributed by atoms with Gasteiger partial charge >= 0.3 is 0 Å². The SMILES string of the molecule is CCN(C(=O)c1cccc(OC)c1N)c1ccccc1. The smallest absolute Gasteiger partial charge is 0.260 e. The molecule has 4 nitrogen and oxygen atoms in total. The van der Waals surface area contributed by atoms with Crippen LogP contribution in [0.15, 0.2) is 48.5 Å². The molecule has 0 radical (unpaired) electrons. The number of hydrogen-bond acceptors (Lipinski definition) is 3. The Morgan fingerprint density at radius 1 is 1.15 bits per heavy atom. The number of carbonyl (C=O) groups excluding carboxylic acids is 1. The van der Waals surface area contributed by atoms with Crippen LogP contribution in [0, 0.1) is 0 Å². The molecule has 0 aliphatic rings. The molecule has 0 atom stereocenters. The zero-order valence-electron chi connectivity index (χ0n) is 11.7. The number of nitrogens with zero attached hydrogens (tertiary/aromatic N) is 1. The summed E-state index contributed by atoms with van der Waals surface area (Å²) in [5.41, 5.74) is 7.67. The number of methoxy groups -OCH3 is 1. The Bertz CT molecular complexity index is 597. The molecule has 2 aromatic rings. The topological polar surface area (TPSA) is 55.6 Å². The summed E-state index contributed by atoms with van der Waals surface area (Å²) in [4.78, 5) is 14.3. The van der Waals surface area contributed by atoms with Crippen LogP contribution in [0.3, 0.4) is 0 Å². The zero-order chi connectivity index (χ0) is 14.5. The lowest BCUT2D eigenvalue weighted by Gasteiger charge is -2.22. The molecule has 4 heteroatoms. The van der Waals surface area contributed by atoms with Crippen LogP contribution in [0.4, 0.5) is 11.4 Å². The van der Waals surface area contributed by atoms with Crippen molar-refractivity contribution in [2.45, 2.75) is 6.92 Å². The highest BCUT2D eigenvalue weighted by Gasteiger charge is 2.19. The Balaban J connectivity index is 2.39. The number of carbonyl (C=O) groups is 1. The molecule has 0 heterocycles. The highest BCUT2D eigenvalue weighted by Crippen LogP contribution is 2.27. The molecule has 104 valence electrons. The normalized spacial score (nSPS) is 10.1. The van der Waals surface area contributed by atoms with Gasteiger partial charge in [0.1, 0.15) is 5.75 Å². The average Bonchev–Trinajstić information content (AvgIpc) is 2.49. The largest absolute Gasteiger partial charge is 0.495 e. The molecule has 1 amide bonds.